The molecule has 0 saturated carbocycles. The lowest BCUT2D eigenvalue weighted by Crippen LogP contribution is -2.37. The first-order valence-electron chi connectivity index (χ1n) is 11.1. The molecule has 1 aliphatic rings. The standard InChI is InChI=1S/C25H28N2O6S/c1-4-31-24-13-19-12-18(3)33-23(19)14-22(24)26-25(28)16-27(15-20-6-5-11-32-20)34(29,30)21-9-7-17(2)8-10-21/h5-11,13-14,18H,4,12,15-16H2,1-3H3,(H,26,28). The van der Waals surface area contributed by atoms with Crippen molar-refractivity contribution in [3.63, 3.8) is 0 Å². The Morgan fingerprint density at radius 1 is 1.21 bits per heavy atom. The quantitative estimate of drug-likeness (QED) is 0.490. The van der Waals surface area contributed by atoms with Crippen LogP contribution in [0.1, 0.15) is 30.7 Å². The van der Waals surface area contributed by atoms with E-state index in [0.29, 0.717) is 29.6 Å². The third kappa shape index (κ3) is 5.26. The molecular formula is C25H28N2O6S. The van der Waals surface area contributed by atoms with Crippen LogP contribution >= 0.6 is 0 Å². The van der Waals surface area contributed by atoms with E-state index in [9.17, 15) is 13.2 Å². The lowest BCUT2D eigenvalue weighted by Gasteiger charge is -2.21. The van der Waals surface area contributed by atoms with E-state index in [1.165, 1.54) is 18.4 Å². The van der Waals surface area contributed by atoms with E-state index in [-0.39, 0.29) is 17.5 Å². The lowest BCUT2D eigenvalue weighted by molar-refractivity contribution is -0.116. The molecule has 0 aliphatic carbocycles. The molecule has 4 rings (SSSR count). The molecule has 1 aliphatic heterocycles. The molecule has 34 heavy (non-hydrogen) atoms. The predicted molar refractivity (Wildman–Crippen MR) is 128 cm³/mol. The fourth-order valence-corrected chi connectivity index (χ4v) is 5.19. The number of carbonyl (C=O) groups is 1. The van der Waals surface area contributed by atoms with Gasteiger partial charge in [-0.15, -0.1) is 0 Å². The van der Waals surface area contributed by atoms with Gasteiger partial charge in [0.1, 0.15) is 23.4 Å². The molecule has 2 heterocycles. The number of sulfonamides is 1. The zero-order valence-electron chi connectivity index (χ0n) is 19.4. The number of hydrogen-bond acceptors (Lipinski definition) is 6. The van der Waals surface area contributed by atoms with Crippen LogP contribution in [0.5, 0.6) is 11.5 Å². The van der Waals surface area contributed by atoms with Crippen LogP contribution in [0, 0.1) is 6.92 Å². The van der Waals surface area contributed by atoms with Gasteiger partial charge >= 0.3 is 0 Å². The molecule has 1 amide bonds. The van der Waals surface area contributed by atoms with Gasteiger partial charge in [0.15, 0.2) is 0 Å². The van der Waals surface area contributed by atoms with Gasteiger partial charge in [0.2, 0.25) is 15.9 Å². The summed E-state index contributed by atoms with van der Waals surface area (Å²) in [5.74, 6) is 1.13. The third-order valence-electron chi connectivity index (χ3n) is 5.46. The van der Waals surface area contributed by atoms with Gasteiger partial charge in [0, 0.05) is 18.1 Å². The monoisotopic (exact) mass is 484 g/mol. The van der Waals surface area contributed by atoms with E-state index < -0.39 is 22.5 Å². The average Bonchev–Trinajstić information content (AvgIpc) is 3.42. The second-order valence-corrected chi connectivity index (χ2v) is 10.2. The van der Waals surface area contributed by atoms with Crippen molar-refractivity contribution >= 4 is 21.6 Å². The number of hydrogen-bond donors (Lipinski definition) is 1. The second-order valence-electron chi connectivity index (χ2n) is 8.24. The summed E-state index contributed by atoms with van der Waals surface area (Å²) in [6.07, 6.45) is 2.26. The van der Waals surface area contributed by atoms with Gasteiger partial charge in [0.25, 0.3) is 0 Å². The molecule has 1 atom stereocenters. The predicted octanol–water partition coefficient (Wildman–Crippen LogP) is 4.14. The molecule has 8 nitrogen and oxygen atoms in total. The topological polar surface area (TPSA) is 98.1 Å². The number of aryl methyl sites for hydroxylation is 1. The summed E-state index contributed by atoms with van der Waals surface area (Å²) in [5.41, 5.74) is 2.38. The number of furan rings is 1. The minimum absolute atomic E-state index is 0.0406. The maximum Gasteiger partial charge on any atom is 0.243 e. The maximum atomic E-state index is 13.4. The first-order valence-corrected chi connectivity index (χ1v) is 12.6. The Bertz CT molecular complexity index is 1250. The van der Waals surface area contributed by atoms with E-state index in [1.54, 1.807) is 30.3 Å². The van der Waals surface area contributed by atoms with Crippen LogP contribution < -0.4 is 14.8 Å². The van der Waals surface area contributed by atoms with Crippen LogP contribution in [-0.2, 0) is 27.8 Å². The summed E-state index contributed by atoms with van der Waals surface area (Å²) in [4.78, 5) is 13.2. The van der Waals surface area contributed by atoms with Gasteiger partial charge < -0.3 is 19.2 Å². The minimum atomic E-state index is -3.96. The van der Waals surface area contributed by atoms with Crippen LogP contribution in [-0.4, -0.2) is 37.9 Å². The molecule has 180 valence electrons. The SMILES string of the molecule is CCOc1cc2c(cc1NC(=O)CN(Cc1ccco1)S(=O)(=O)c1ccc(C)cc1)OC(C)C2. The van der Waals surface area contributed by atoms with Crippen LogP contribution in [0.3, 0.4) is 0 Å². The Balaban J connectivity index is 1.59. The molecule has 3 aromatic rings. The molecule has 0 fully saturated rings. The Morgan fingerprint density at radius 2 is 1.97 bits per heavy atom. The number of nitrogens with zero attached hydrogens (tertiary/aromatic N) is 1. The molecular weight excluding hydrogens is 456 g/mol. The summed E-state index contributed by atoms with van der Waals surface area (Å²) < 4.78 is 44.7. The molecule has 2 aromatic carbocycles. The van der Waals surface area contributed by atoms with E-state index in [0.717, 1.165) is 21.9 Å². The molecule has 0 saturated heterocycles. The number of benzene rings is 2. The lowest BCUT2D eigenvalue weighted by atomic mass is 10.1. The van der Waals surface area contributed by atoms with Gasteiger partial charge in [-0.1, -0.05) is 17.7 Å². The number of ether oxygens (including phenoxy) is 2. The molecule has 0 bridgehead atoms. The average molecular weight is 485 g/mol. The van der Waals surface area contributed by atoms with Crippen molar-refractivity contribution in [1.82, 2.24) is 4.31 Å². The Morgan fingerprint density at radius 3 is 2.65 bits per heavy atom. The van der Waals surface area contributed by atoms with Crippen LogP contribution in [0.4, 0.5) is 5.69 Å². The normalized spacial score (nSPS) is 15.1. The van der Waals surface area contributed by atoms with Crippen molar-refractivity contribution in [2.75, 3.05) is 18.5 Å². The number of carbonyl (C=O) groups excluding carboxylic acids is 1. The highest BCUT2D eigenvalue weighted by Gasteiger charge is 2.29. The largest absolute Gasteiger partial charge is 0.492 e. The number of amides is 1. The summed E-state index contributed by atoms with van der Waals surface area (Å²) in [7, 11) is -3.96. The second kappa shape index (κ2) is 9.90. The third-order valence-corrected chi connectivity index (χ3v) is 7.27. The summed E-state index contributed by atoms with van der Waals surface area (Å²) in [6, 6.07) is 13.4. The van der Waals surface area contributed by atoms with E-state index in [2.05, 4.69) is 5.32 Å². The molecule has 0 spiro atoms. The van der Waals surface area contributed by atoms with Crippen LogP contribution in [0.15, 0.2) is 64.1 Å². The highest BCUT2D eigenvalue weighted by atomic mass is 32.2. The fourth-order valence-electron chi connectivity index (χ4n) is 3.82. The van der Waals surface area contributed by atoms with Gasteiger partial charge in [0.05, 0.1) is 36.5 Å². The van der Waals surface area contributed by atoms with Gasteiger partial charge in [-0.25, -0.2) is 8.42 Å². The van der Waals surface area contributed by atoms with Crippen molar-refractivity contribution in [3.05, 3.63) is 71.7 Å². The van der Waals surface area contributed by atoms with Gasteiger partial charge in [-0.2, -0.15) is 4.31 Å². The van der Waals surface area contributed by atoms with E-state index in [4.69, 9.17) is 13.9 Å². The van der Waals surface area contributed by atoms with Crippen molar-refractivity contribution in [1.29, 1.82) is 0 Å². The van der Waals surface area contributed by atoms with Crippen molar-refractivity contribution in [2.45, 2.75) is 44.7 Å². The Hall–Kier alpha value is -3.30. The molecule has 0 radical (unpaired) electrons. The minimum Gasteiger partial charge on any atom is -0.492 e. The van der Waals surface area contributed by atoms with E-state index in [1.807, 2.05) is 26.8 Å². The number of rotatable bonds is 9. The molecule has 1 N–H and O–H groups in total. The molecule has 9 heteroatoms. The van der Waals surface area contributed by atoms with Gasteiger partial charge in [-0.3, -0.25) is 4.79 Å². The summed E-state index contributed by atoms with van der Waals surface area (Å²) in [5, 5.41) is 2.80. The summed E-state index contributed by atoms with van der Waals surface area (Å²) >= 11 is 0. The first-order chi connectivity index (χ1) is 16.3. The molecule has 1 unspecified atom stereocenters. The first kappa shape index (κ1) is 23.8. The van der Waals surface area contributed by atoms with E-state index >= 15 is 0 Å². The van der Waals surface area contributed by atoms with Gasteiger partial charge in [-0.05, 0) is 51.1 Å². The Kier molecular flexibility index (Phi) is 6.95. The number of fused-ring (bicyclic) bond motifs is 1. The van der Waals surface area contributed by atoms with Crippen LogP contribution in [0.25, 0.3) is 0 Å². The van der Waals surface area contributed by atoms with Crippen LogP contribution in [0.2, 0.25) is 0 Å². The number of nitrogens with one attached hydrogen (secondary N) is 1. The molecule has 1 aromatic heterocycles. The zero-order chi connectivity index (χ0) is 24.3. The van der Waals surface area contributed by atoms with Crippen molar-refractivity contribution in [3.8, 4) is 11.5 Å². The summed E-state index contributed by atoms with van der Waals surface area (Å²) in [6.45, 7) is 5.64. The highest BCUT2D eigenvalue weighted by Crippen LogP contribution is 2.38. The maximum absolute atomic E-state index is 13.4. The zero-order valence-corrected chi connectivity index (χ0v) is 20.2. The fraction of sp³-hybridized carbons (Fsp3) is 0.320. The Labute approximate surface area is 199 Å². The van der Waals surface area contributed by atoms with Crippen molar-refractivity contribution < 1.29 is 27.1 Å². The smallest absolute Gasteiger partial charge is 0.243 e. The number of anilines is 1. The van der Waals surface area contributed by atoms with Crippen molar-refractivity contribution in [2.24, 2.45) is 0 Å². The highest BCUT2D eigenvalue weighted by molar-refractivity contribution is 7.89.